The highest BCUT2D eigenvalue weighted by molar-refractivity contribution is 6.04. The summed E-state index contributed by atoms with van der Waals surface area (Å²) in [5, 5.41) is 2.77. The maximum Gasteiger partial charge on any atom is 0.337 e. The molecule has 0 unspecified atom stereocenters. The number of anilines is 1. The van der Waals surface area contributed by atoms with Gasteiger partial charge >= 0.3 is 5.97 Å². The molecule has 0 saturated heterocycles. The van der Waals surface area contributed by atoms with Crippen LogP contribution in [0.3, 0.4) is 0 Å². The first kappa shape index (κ1) is 14.7. The van der Waals surface area contributed by atoms with Crippen molar-refractivity contribution in [1.29, 1.82) is 0 Å². The molecule has 2 rings (SSSR count). The molecule has 0 aliphatic heterocycles. The molecule has 0 bridgehead atoms. The fourth-order valence-electron chi connectivity index (χ4n) is 1.68. The Morgan fingerprint density at radius 3 is 2.29 bits per heavy atom. The summed E-state index contributed by atoms with van der Waals surface area (Å²) in [6.07, 6.45) is 0. The first-order chi connectivity index (χ1) is 10.2. The first-order valence-corrected chi connectivity index (χ1v) is 6.35. The predicted octanol–water partition coefficient (Wildman–Crippen LogP) is 2.49. The average molecular weight is 285 g/mol. The third-order valence-corrected chi connectivity index (χ3v) is 2.64. The number of nitrogens with one attached hydrogen (secondary N) is 1. The topological polar surface area (TPSA) is 64.6 Å². The molecule has 0 radical (unpaired) electrons. The van der Waals surface area contributed by atoms with Crippen LogP contribution in [0.2, 0.25) is 0 Å². The third kappa shape index (κ3) is 4.43. The van der Waals surface area contributed by atoms with E-state index < -0.39 is 5.97 Å². The summed E-state index contributed by atoms with van der Waals surface area (Å²) in [4.78, 5) is 23.3. The molecule has 0 spiro atoms. The number of methoxy groups -OCH3 is 1. The van der Waals surface area contributed by atoms with Crippen LogP contribution in [-0.4, -0.2) is 25.6 Å². The minimum atomic E-state index is -0.487. The Balaban J connectivity index is 1.98. The molecule has 0 saturated carbocycles. The van der Waals surface area contributed by atoms with E-state index >= 15 is 0 Å². The van der Waals surface area contributed by atoms with Crippen molar-refractivity contribution in [2.75, 3.05) is 19.0 Å². The van der Waals surface area contributed by atoms with Gasteiger partial charge in [0.15, 0.2) is 0 Å². The summed E-state index contributed by atoms with van der Waals surface area (Å²) in [6, 6.07) is 15.5. The zero-order valence-electron chi connectivity index (χ0n) is 11.5. The van der Waals surface area contributed by atoms with Crippen LogP contribution in [0.4, 0.5) is 5.69 Å². The number of esters is 1. The third-order valence-electron chi connectivity index (χ3n) is 2.64. The smallest absolute Gasteiger partial charge is 0.337 e. The van der Waals surface area contributed by atoms with Gasteiger partial charge in [0.05, 0.1) is 0 Å². The molecule has 2 aromatic carbocycles. The minimum Gasteiger partial charge on any atom is -0.425 e. The second-order valence-corrected chi connectivity index (χ2v) is 4.25. The maximum absolute atomic E-state index is 12.0. The Hall–Kier alpha value is -2.66. The number of para-hydroxylation sites is 1. The van der Waals surface area contributed by atoms with Gasteiger partial charge in [0.1, 0.15) is 12.4 Å². The molecular weight excluding hydrogens is 270 g/mol. The van der Waals surface area contributed by atoms with Crippen LogP contribution in [-0.2, 0) is 9.53 Å². The van der Waals surface area contributed by atoms with Gasteiger partial charge in [-0.05, 0) is 36.4 Å². The van der Waals surface area contributed by atoms with Crippen LogP contribution in [0.25, 0.3) is 0 Å². The van der Waals surface area contributed by atoms with Crippen molar-refractivity contribution < 1.29 is 19.1 Å². The van der Waals surface area contributed by atoms with E-state index in [1.165, 1.54) is 7.11 Å². The number of hydrogen-bond donors (Lipinski definition) is 1. The van der Waals surface area contributed by atoms with E-state index in [0.717, 1.165) is 5.69 Å². The Morgan fingerprint density at radius 1 is 1.00 bits per heavy atom. The molecule has 5 heteroatoms. The van der Waals surface area contributed by atoms with E-state index in [2.05, 4.69) is 10.1 Å². The first-order valence-electron chi connectivity index (χ1n) is 6.35. The molecule has 1 N–H and O–H groups in total. The van der Waals surface area contributed by atoms with E-state index in [-0.39, 0.29) is 12.5 Å². The van der Waals surface area contributed by atoms with E-state index in [4.69, 9.17) is 4.74 Å². The van der Waals surface area contributed by atoms with Crippen LogP contribution in [0, 0.1) is 0 Å². The Kier molecular flexibility index (Phi) is 5.06. The summed E-state index contributed by atoms with van der Waals surface area (Å²) >= 11 is 0. The molecule has 0 aromatic heterocycles. The molecule has 5 nitrogen and oxygen atoms in total. The van der Waals surface area contributed by atoms with E-state index in [9.17, 15) is 9.59 Å². The quantitative estimate of drug-likeness (QED) is 0.677. The zero-order valence-corrected chi connectivity index (χ0v) is 11.5. The molecule has 108 valence electrons. The van der Waals surface area contributed by atoms with Crippen molar-refractivity contribution in [3.63, 3.8) is 0 Å². The van der Waals surface area contributed by atoms with Gasteiger partial charge in [-0.2, -0.15) is 0 Å². The monoisotopic (exact) mass is 285 g/mol. The molecule has 0 aliphatic carbocycles. The van der Waals surface area contributed by atoms with Gasteiger partial charge in [0, 0.05) is 18.4 Å². The average Bonchev–Trinajstić information content (AvgIpc) is 2.49. The van der Waals surface area contributed by atoms with Crippen LogP contribution in [0.15, 0.2) is 54.6 Å². The summed E-state index contributed by atoms with van der Waals surface area (Å²) in [5.41, 5.74) is 1.20. The molecular formula is C16H15NO4. The lowest BCUT2D eigenvalue weighted by Gasteiger charge is -2.06. The van der Waals surface area contributed by atoms with Crippen LogP contribution < -0.4 is 10.1 Å². The highest BCUT2D eigenvalue weighted by Crippen LogP contribution is 2.14. The fraction of sp³-hybridized carbons (Fsp3) is 0.125. The van der Waals surface area contributed by atoms with Gasteiger partial charge < -0.3 is 14.8 Å². The lowest BCUT2D eigenvalue weighted by atomic mass is 10.2. The fourth-order valence-corrected chi connectivity index (χ4v) is 1.68. The minimum absolute atomic E-state index is 0.115. The zero-order chi connectivity index (χ0) is 15.1. The Bertz CT molecular complexity index is 608. The van der Waals surface area contributed by atoms with Crippen LogP contribution >= 0.6 is 0 Å². The van der Waals surface area contributed by atoms with Gasteiger partial charge in [-0.3, -0.25) is 4.79 Å². The van der Waals surface area contributed by atoms with Crippen LogP contribution in [0.5, 0.6) is 5.75 Å². The number of carbonyl (C=O) groups is 2. The molecule has 2 aromatic rings. The SMILES string of the molecule is COCC(=O)Oc1ccc(C(=O)Nc2ccccc2)cc1. The normalized spacial score (nSPS) is 9.95. The van der Waals surface area contributed by atoms with Gasteiger partial charge in [0.2, 0.25) is 0 Å². The van der Waals surface area contributed by atoms with E-state index in [1.54, 1.807) is 36.4 Å². The molecule has 0 aliphatic rings. The van der Waals surface area contributed by atoms with Crippen molar-refractivity contribution in [3.05, 3.63) is 60.2 Å². The van der Waals surface area contributed by atoms with Gasteiger partial charge in [-0.1, -0.05) is 18.2 Å². The summed E-state index contributed by atoms with van der Waals surface area (Å²) in [5.74, 6) is -0.344. The molecule has 0 fully saturated rings. The lowest BCUT2D eigenvalue weighted by molar-refractivity contribution is -0.138. The highest BCUT2D eigenvalue weighted by atomic mass is 16.6. The predicted molar refractivity (Wildman–Crippen MR) is 78.3 cm³/mol. The number of rotatable bonds is 5. The van der Waals surface area contributed by atoms with Crippen molar-refractivity contribution in [2.24, 2.45) is 0 Å². The number of ether oxygens (including phenoxy) is 2. The standard InChI is InChI=1S/C16H15NO4/c1-20-11-15(18)21-14-9-7-12(8-10-14)16(19)17-13-5-3-2-4-6-13/h2-10H,11H2,1H3,(H,17,19). The Morgan fingerprint density at radius 2 is 1.67 bits per heavy atom. The number of hydrogen-bond acceptors (Lipinski definition) is 4. The van der Waals surface area contributed by atoms with Gasteiger partial charge in [0.25, 0.3) is 5.91 Å². The second-order valence-electron chi connectivity index (χ2n) is 4.25. The summed E-state index contributed by atoms with van der Waals surface area (Å²) in [7, 11) is 1.41. The molecule has 0 atom stereocenters. The molecule has 21 heavy (non-hydrogen) atoms. The van der Waals surface area contributed by atoms with Crippen molar-refractivity contribution in [3.8, 4) is 5.75 Å². The van der Waals surface area contributed by atoms with Crippen molar-refractivity contribution in [1.82, 2.24) is 0 Å². The van der Waals surface area contributed by atoms with E-state index in [1.807, 2.05) is 18.2 Å². The van der Waals surface area contributed by atoms with E-state index in [0.29, 0.717) is 11.3 Å². The maximum atomic E-state index is 12.0. The van der Waals surface area contributed by atoms with Gasteiger partial charge in [-0.15, -0.1) is 0 Å². The summed E-state index contributed by atoms with van der Waals surface area (Å²) in [6.45, 7) is -0.115. The van der Waals surface area contributed by atoms with Crippen molar-refractivity contribution >= 4 is 17.6 Å². The second kappa shape index (κ2) is 7.21. The highest BCUT2D eigenvalue weighted by Gasteiger charge is 2.08. The van der Waals surface area contributed by atoms with Crippen molar-refractivity contribution in [2.45, 2.75) is 0 Å². The Labute approximate surface area is 122 Å². The van der Waals surface area contributed by atoms with Gasteiger partial charge in [-0.25, -0.2) is 4.79 Å². The summed E-state index contributed by atoms with van der Waals surface area (Å²) < 4.78 is 9.68. The number of carbonyl (C=O) groups excluding carboxylic acids is 2. The lowest BCUT2D eigenvalue weighted by Crippen LogP contribution is -2.14. The molecule has 0 heterocycles. The van der Waals surface area contributed by atoms with Crippen LogP contribution in [0.1, 0.15) is 10.4 Å². The molecule has 1 amide bonds. The number of amides is 1. The largest absolute Gasteiger partial charge is 0.425 e. The number of benzene rings is 2.